The van der Waals surface area contributed by atoms with E-state index in [1.165, 1.54) is 20.2 Å². The maximum atomic E-state index is 14.7. The molecule has 1 amide bonds. The van der Waals surface area contributed by atoms with Crippen molar-refractivity contribution in [2.45, 2.75) is 31.2 Å². The predicted molar refractivity (Wildman–Crippen MR) is 146 cm³/mol. The SMILES string of the molecule is CNC(=O)c1ccc(NCC#Cc2sc3c(NC4CCN(C)CC4F)cccc3c2CC(F)(F)F)c(OC)n1. The lowest BCUT2D eigenvalue weighted by Gasteiger charge is -2.33. The van der Waals surface area contributed by atoms with Gasteiger partial charge in [0, 0.05) is 20.1 Å². The minimum atomic E-state index is -4.42. The number of carbonyl (C=O) groups is 1. The minimum Gasteiger partial charge on any atom is -0.480 e. The molecule has 0 spiro atoms. The summed E-state index contributed by atoms with van der Waals surface area (Å²) in [4.78, 5) is 18.2. The molecule has 4 rings (SSSR count). The summed E-state index contributed by atoms with van der Waals surface area (Å²) in [7, 11) is 4.76. The number of fused-ring (bicyclic) bond motifs is 1. The number of benzene rings is 1. The van der Waals surface area contributed by atoms with Crippen LogP contribution in [0, 0.1) is 11.8 Å². The molecule has 3 N–H and O–H groups in total. The number of aromatic nitrogens is 1. The smallest absolute Gasteiger partial charge is 0.393 e. The van der Waals surface area contributed by atoms with Gasteiger partial charge >= 0.3 is 6.18 Å². The molecule has 2 aromatic heterocycles. The van der Waals surface area contributed by atoms with Gasteiger partial charge in [-0.25, -0.2) is 9.37 Å². The number of hydrogen-bond acceptors (Lipinski definition) is 7. The van der Waals surface area contributed by atoms with Gasteiger partial charge in [0.2, 0.25) is 5.88 Å². The third kappa shape index (κ3) is 6.91. The Balaban J connectivity index is 1.59. The van der Waals surface area contributed by atoms with Crippen molar-refractivity contribution in [3.63, 3.8) is 0 Å². The molecule has 0 saturated carbocycles. The summed E-state index contributed by atoms with van der Waals surface area (Å²) in [6.45, 7) is 1.13. The Morgan fingerprint density at radius 2 is 2.05 bits per heavy atom. The topological polar surface area (TPSA) is 78.5 Å². The van der Waals surface area contributed by atoms with E-state index in [4.69, 9.17) is 4.74 Å². The van der Waals surface area contributed by atoms with Crippen LogP contribution in [0.2, 0.25) is 0 Å². The van der Waals surface area contributed by atoms with E-state index < -0.39 is 24.8 Å². The number of carbonyl (C=O) groups excluding carboxylic acids is 1. The lowest BCUT2D eigenvalue weighted by molar-refractivity contribution is -0.126. The predicted octanol–water partition coefficient (Wildman–Crippen LogP) is 4.69. The summed E-state index contributed by atoms with van der Waals surface area (Å²) >= 11 is 1.16. The number of ether oxygens (including phenoxy) is 1. The van der Waals surface area contributed by atoms with E-state index in [0.717, 1.165) is 17.9 Å². The number of piperidine rings is 1. The van der Waals surface area contributed by atoms with Gasteiger partial charge in [-0.3, -0.25) is 4.79 Å². The first-order chi connectivity index (χ1) is 18.6. The van der Waals surface area contributed by atoms with Gasteiger partial charge in [0.25, 0.3) is 5.91 Å². The second kappa shape index (κ2) is 12.1. The van der Waals surface area contributed by atoms with Gasteiger partial charge in [0.1, 0.15) is 11.9 Å². The van der Waals surface area contributed by atoms with Crippen LogP contribution in [0.4, 0.5) is 28.9 Å². The Hall–Kier alpha value is -3.56. The van der Waals surface area contributed by atoms with Crippen LogP contribution in [0.25, 0.3) is 10.1 Å². The Morgan fingerprint density at radius 1 is 1.26 bits per heavy atom. The average Bonchev–Trinajstić information content (AvgIpc) is 3.24. The standard InChI is InChI=1S/C27H29F4N5O2S/c1-32-25(37)21-9-10-22(26(35-21)38-3)33-12-5-8-23-17(14-27(29,30)31)16-6-4-7-20(24(16)39-23)34-19-11-13-36(2)15-18(19)28/h4,6-7,9-10,18-19,33-34H,11-15H2,1-3H3,(H,32,37). The molecule has 7 nitrogen and oxygen atoms in total. The van der Waals surface area contributed by atoms with Crippen molar-refractivity contribution in [3.8, 4) is 17.7 Å². The summed E-state index contributed by atoms with van der Waals surface area (Å²) in [6, 6.07) is 7.81. The zero-order valence-electron chi connectivity index (χ0n) is 21.7. The number of halogens is 4. The van der Waals surface area contributed by atoms with E-state index in [9.17, 15) is 22.4 Å². The highest BCUT2D eigenvalue weighted by Crippen LogP contribution is 2.39. The highest BCUT2D eigenvalue weighted by Gasteiger charge is 2.32. The van der Waals surface area contributed by atoms with E-state index in [0.29, 0.717) is 39.3 Å². The summed E-state index contributed by atoms with van der Waals surface area (Å²) in [5.41, 5.74) is 1.37. The van der Waals surface area contributed by atoms with Crippen molar-refractivity contribution in [1.29, 1.82) is 0 Å². The summed E-state index contributed by atoms with van der Waals surface area (Å²) in [5.74, 6) is 5.59. The van der Waals surface area contributed by atoms with Crippen LogP contribution in [0.3, 0.4) is 0 Å². The molecule has 3 aromatic rings. The van der Waals surface area contributed by atoms with Crippen LogP contribution in [0.15, 0.2) is 30.3 Å². The Kier molecular flexibility index (Phi) is 8.82. The third-order valence-corrected chi connectivity index (χ3v) is 7.56. The third-order valence-electron chi connectivity index (χ3n) is 6.36. The fraction of sp³-hybridized carbons (Fsp3) is 0.407. The molecule has 208 valence electrons. The van der Waals surface area contributed by atoms with Crippen LogP contribution in [-0.4, -0.2) is 75.0 Å². The van der Waals surface area contributed by atoms with Crippen LogP contribution in [-0.2, 0) is 6.42 Å². The average molecular weight is 564 g/mol. The van der Waals surface area contributed by atoms with Crippen molar-refractivity contribution in [2.24, 2.45) is 0 Å². The van der Waals surface area contributed by atoms with E-state index in [2.05, 4.69) is 32.8 Å². The van der Waals surface area contributed by atoms with Crippen LogP contribution >= 0.6 is 11.3 Å². The van der Waals surface area contributed by atoms with Gasteiger partial charge < -0.3 is 25.6 Å². The van der Waals surface area contributed by atoms with Gasteiger partial charge in [-0.15, -0.1) is 11.3 Å². The summed E-state index contributed by atoms with van der Waals surface area (Å²) < 4.78 is 61.1. The molecule has 39 heavy (non-hydrogen) atoms. The largest absolute Gasteiger partial charge is 0.480 e. The second-order valence-electron chi connectivity index (χ2n) is 9.19. The van der Waals surface area contributed by atoms with E-state index in [1.54, 1.807) is 24.3 Å². The molecule has 2 atom stereocenters. The van der Waals surface area contributed by atoms with E-state index >= 15 is 0 Å². The Morgan fingerprint density at radius 3 is 2.74 bits per heavy atom. The molecule has 1 aromatic carbocycles. The number of alkyl halides is 4. The molecule has 0 aliphatic carbocycles. The monoisotopic (exact) mass is 563 g/mol. The Labute approximate surface area is 227 Å². The quantitative estimate of drug-likeness (QED) is 0.286. The van der Waals surface area contributed by atoms with Crippen molar-refractivity contribution >= 4 is 38.7 Å². The van der Waals surface area contributed by atoms with E-state index in [-0.39, 0.29) is 29.6 Å². The van der Waals surface area contributed by atoms with Crippen molar-refractivity contribution < 1.29 is 27.1 Å². The first-order valence-corrected chi connectivity index (χ1v) is 13.1. The first kappa shape index (κ1) is 28.4. The maximum absolute atomic E-state index is 14.7. The van der Waals surface area contributed by atoms with Gasteiger partial charge in [0.05, 0.1) is 47.1 Å². The number of methoxy groups -OCH3 is 1. The fourth-order valence-electron chi connectivity index (χ4n) is 4.43. The number of hydrogen-bond donors (Lipinski definition) is 3. The van der Waals surface area contributed by atoms with Crippen LogP contribution in [0.1, 0.15) is 27.3 Å². The lowest BCUT2D eigenvalue weighted by atomic mass is 10.0. The Bertz CT molecular complexity index is 1400. The number of rotatable bonds is 7. The lowest BCUT2D eigenvalue weighted by Crippen LogP contribution is -2.46. The number of nitrogens with zero attached hydrogens (tertiary/aromatic N) is 2. The molecule has 0 radical (unpaired) electrons. The molecule has 2 unspecified atom stereocenters. The molecular formula is C27H29F4N5O2S. The number of pyridine rings is 1. The van der Waals surface area contributed by atoms with Gasteiger partial charge in [-0.05, 0) is 42.6 Å². The number of thiophene rings is 1. The number of amides is 1. The molecule has 1 fully saturated rings. The molecule has 1 aliphatic heterocycles. The molecule has 0 bridgehead atoms. The molecule has 1 saturated heterocycles. The normalized spacial score (nSPS) is 17.8. The second-order valence-corrected chi connectivity index (χ2v) is 10.2. The molecule has 12 heteroatoms. The minimum absolute atomic E-state index is 0.0985. The van der Waals surface area contributed by atoms with Crippen molar-refractivity contribution in [1.82, 2.24) is 15.2 Å². The van der Waals surface area contributed by atoms with Crippen LogP contribution in [0.5, 0.6) is 5.88 Å². The highest BCUT2D eigenvalue weighted by molar-refractivity contribution is 7.20. The fourth-order valence-corrected chi connectivity index (χ4v) is 5.60. The van der Waals surface area contributed by atoms with Gasteiger partial charge in [-0.2, -0.15) is 13.2 Å². The zero-order chi connectivity index (χ0) is 28.2. The first-order valence-electron chi connectivity index (χ1n) is 12.3. The summed E-state index contributed by atoms with van der Waals surface area (Å²) in [5, 5.41) is 9.20. The summed E-state index contributed by atoms with van der Waals surface area (Å²) in [6.07, 6.45) is -6.03. The number of nitrogens with one attached hydrogen (secondary N) is 3. The van der Waals surface area contributed by atoms with Gasteiger partial charge in [0.15, 0.2) is 0 Å². The van der Waals surface area contributed by atoms with Crippen molar-refractivity contribution in [3.05, 3.63) is 46.5 Å². The number of anilines is 2. The van der Waals surface area contributed by atoms with E-state index in [1.807, 2.05) is 11.9 Å². The molecular weight excluding hydrogens is 534 g/mol. The number of likely N-dealkylation sites (tertiary alicyclic amines) is 1. The zero-order valence-corrected chi connectivity index (χ0v) is 22.5. The molecule has 1 aliphatic rings. The highest BCUT2D eigenvalue weighted by atomic mass is 32.1. The van der Waals surface area contributed by atoms with Crippen molar-refractivity contribution in [2.75, 3.05) is 51.5 Å². The molecule has 3 heterocycles. The van der Waals surface area contributed by atoms with Crippen LogP contribution < -0.4 is 20.7 Å². The maximum Gasteiger partial charge on any atom is 0.393 e. The van der Waals surface area contributed by atoms with Gasteiger partial charge in [-0.1, -0.05) is 24.0 Å².